The van der Waals surface area contributed by atoms with Gasteiger partial charge in [0.15, 0.2) is 0 Å². The van der Waals surface area contributed by atoms with Crippen LogP contribution in [0.15, 0.2) is 12.1 Å². The summed E-state index contributed by atoms with van der Waals surface area (Å²) in [6.45, 7) is 15.7. The molecular formula is C13H26BNO2. The lowest BCUT2D eigenvalue weighted by molar-refractivity contribution is 0.00578. The third-order valence-electron chi connectivity index (χ3n) is 3.82. The number of hydrogen-bond acceptors (Lipinski definition) is 3. The molecule has 4 heteroatoms. The van der Waals surface area contributed by atoms with Crippen LogP contribution in [0.2, 0.25) is 0 Å². The molecule has 0 unspecified atom stereocenters. The first kappa shape index (κ1) is 14.7. The van der Waals surface area contributed by atoms with E-state index in [0.29, 0.717) is 0 Å². The second-order valence-electron chi connectivity index (χ2n) is 5.54. The summed E-state index contributed by atoms with van der Waals surface area (Å²) in [5, 5.41) is 0. The predicted octanol–water partition coefficient (Wildman–Crippen LogP) is 2.52. The van der Waals surface area contributed by atoms with Crippen LogP contribution >= 0.6 is 0 Å². The highest BCUT2D eigenvalue weighted by Gasteiger charge is 2.49. The van der Waals surface area contributed by atoms with Gasteiger partial charge >= 0.3 is 7.12 Å². The van der Waals surface area contributed by atoms with Crippen LogP contribution in [0.1, 0.15) is 41.5 Å². The Morgan fingerprint density at radius 2 is 1.47 bits per heavy atom. The van der Waals surface area contributed by atoms with E-state index in [0.717, 1.165) is 19.6 Å². The Kier molecular flexibility index (Phi) is 4.81. The summed E-state index contributed by atoms with van der Waals surface area (Å²) in [6, 6.07) is 0. The highest BCUT2D eigenvalue weighted by molar-refractivity contribution is 6.51. The Labute approximate surface area is 106 Å². The summed E-state index contributed by atoms with van der Waals surface area (Å²) in [5.41, 5.74) is -0.478. The molecule has 1 aliphatic rings. The normalized spacial score (nSPS) is 22.9. The summed E-state index contributed by atoms with van der Waals surface area (Å²) < 4.78 is 11.8. The number of likely N-dealkylation sites (N-methyl/N-ethyl adjacent to an activating group) is 1. The molecule has 0 N–H and O–H groups in total. The lowest BCUT2D eigenvalue weighted by atomic mass is 9.90. The van der Waals surface area contributed by atoms with E-state index in [1.807, 2.05) is 5.98 Å². The van der Waals surface area contributed by atoms with Crippen LogP contribution in [-0.4, -0.2) is 42.9 Å². The zero-order valence-corrected chi connectivity index (χ0v) is 12.1. The van der Waals surface area contributed by atoms with Gasteiger partial charge in [-0.15, -0.1) is 0 Å². The summed E-state index contributed by atoms with van der Waals surface area (Å²) in [6.07, 6.45) is 2.13. The van der Waals surface area contributed by atoms with E-state index >= 15 is 0 Å². The van der Waals surface area contributed by atoms with Gasteiger partial charge in [0.2, 0.25) is 0 Å². The fourth-order valence-electron chi connectivity index (χ4n) is 1.77. The second kappa shape index (κ2) is 5.55. The molecule has 98 valence electrons. The van der Waals surface area contributed by atoms with Gasteiger partial charge < -0.3 is 14.2 Å². The maximum atomic E-state index is 5.89. The van der Waals surface area contributed by atoms with E-state index in [9.17, 15) is 0 Å². The van der Waals surface area contributed by atoms with Crippen LogP contribution in [-0.2, 0) is 9.31 Å². The first-order valence-electron chi connectivity index (χ1n) is 6.57. The molecule has 0 spiro atoms. The summed E-state index contributed by atoms with van der Waals surface area (Å²) >= 11 is 0. The molecule has 1 rings (SSSR count). The maximum absolute atomic E-state index is 5.89. The Balaban J connectivity index is 2.47. The standard InChI is InChI=1S/C13H26BNO2/c1-7-15(8-2)11-9-10-14-16-12(3,4)13(5,6)17-14/h9-10H,7-8,11H2,1-6H3/b10-9+. The van der Waals surface area contributed by atoms with Gasteiger partial charge in [0.25, 0.3) is 0 Å². The van der Waals surface area contributed by atoms with E-state index in [-0.39, 0.29) is 18.3 Å². The molecule has 0 atom stereocenters. The SMILES string of the molecule is CCN(CC)C/C=C/B1OC(C)(C)C(C)(C)O1. The van der Waals surface area contributed by atoms with Gasteiger partial charge in [-0.05, 0) is 40.8 Å². The Bertz CT molecular complexity index is 257. The number of hydrogen-bond donors (Lipinski definition) is 0. The van der Waals surface area contributed by atoms with E-state index in [4.69, 9.17) is 9.31 Å². The molecule has 0 bridgehead atoms. The minimum atomic E-state index is -0.239. The zero-order valence-electron chi connectivity index (χ0n) is 12.1. The monoisotopic (exact) mass is 239 g/mol. The van der Waals surface area contributed by atoms with Crippen molar-refractivity contribution in [2.45, 2.75) is 52.7 Å². The molecule has 3 nitrogen and oxygen atoms in total. The van der Waals surface area contributed by atoms with Crippen LogP contribution in [0.25, 0.3) is 0 Å². The summed E-state index contributed by atoms with van der Waals surface area (Å²) in [4.78, 5) is 2.35. The lowest BCUT2D eigenvalue weighted by Crippen LogP contribution is -2.41. The predicted molar refractivity (Wildman–Crippen MR) is 73.0 cm³/mol. The van der Waals surface area contributed by atoms with Gasteiger partial charge in [0.1, 0.15) is 0 Å². The Morgan fingerprint density at radius 1 is 1.00 bits per heavy atom. The number of rotatable bonds is 5. The van der Waals surface area contributed by atoms with Crippen molar-refractivity contribution in [1.29, 1.82) is 0 Å². The van der Waals surface area contributed by atoms with Crippen molar-refractivity contribution in [1.82, 2.24) is 4.90 Å². The summed E-state index contributed by atoms with van der Waals surface area (Å²) in [5.74, 6) is 2.02. The quantitative estimate of drug-likeness (QED) is 0.688. The van der Waals surface area contributed by atoms with E-state index in [1.165, 1.54) is 0 Å². The lowest BCUT2D eigenvalue weighted by Gasteiger charge is -2.32. The van der Waals surface area contributed by atoms with Crippen LogP contribution in [0.4, 0.5) is 0 Å². The molecule has 1 heterocycles. The molecule has 1 fully saturated rings. The minimum Gasteiger partial charge on any atom is -0.400 e. The van der Waals surface area contributed by atoms with Crippen molar-refractivity contribution >= 4 is 7.12 Å². The molecule has 0 amide bonds. The summed E-state index contributed by atoms with van der Waals surface area (Å²) in [7, 11) is -0.212. The topological polar surface area (TPSA) is 21.7 Å². The highest BCUT2D eigenvalue weighted by Crippen LogP contribution is 2.36. The van der Waals surface area contributed by atoms with Crippen LogP contribution in [0.5, 0.6) is 0 Å². The molecule has 0 radical (unpaired) electrons. The zero-order chi connectivity index (χ0) is 13.1. The van der Waals surface area contributed by atoms with Crippen molar-refractivity contribution in [3.05, 3.63) is 12.1 Å². The fourth-order valence-corrected chi connectivity index (χ4v) is 1.77. The fraction of sp³-hybridized carbons (Fsp3) is 0.846. The molecule has 1 saturated heterocycles. The van der Waals surface area contributed by atoms with Crippen LogP contribution in [0.3, 0.4) is 0 Å². The van der Waals surface area contributed by atoms with Gasteiger partial charge in [0.05, 0.1) is 11.2 Å². The average Bonchev–Trinajstić information content (AvgIpc) is 2.42. The van der Waals surface area contributed by atoms with E-state index in [2.05, 4.69) is 52.5 Å². The van der Waals surface area contributed by atoms with Crippen molar-refractivity contribution in [2.75, 3.05) is 19.6 Å². The smallest absolute Gasteiger partial charge is 0.400 e. The first-order chi connectivity index (χ1) is 7.82. The van der Waals surface area contributed by atoms with Gasteiger partial charge in [0, 0.05) is 6.54 Å². The molecule has 0 aliphatic carbocycles. The van der Waals surface area contributed by atoms with Gasteiger partial charge in [-0.1, -0.05) is 25.9 Å². The maximum Gasteiger partial charge on any atom is 0.486 e. The van der Waals surface area contributed by atoms with E-state index in [1.54, 1.807) is 0 Å². The van der Waals surface area contributed by atoms with Gasteiger partial charge in [-0.3, -0.25) is 0 Å². The molecule has 17 heavy (non-hydrogen) atoms. The third-order valence-corrected chi connectivity index (χ3v) is 3.82. The number of nitrogens with zero attached hydrogens (tertiary/aromatic N) is 1. The molecule has 0 aromatic carbocycles. The first-order valence-corrected chi connectivity index (χ1v) is 6.57. The largest absolute Gasteiger partial charge is 0.486 e. The average molecular weight is 239 g/mol. The van der Waals surface area contributed by atoms with Crippen LogP contribution in [0, 0.1) is 0 Å². The Hall–Kier alpha value is -0.315. The molecule has 0 aromatic rings. The highest BCUT2D eigenvalue weighted by atomic mass is 16.7. The van der Waals surface area contributed by atoms with Crippen molar-refractivity contribution in [3.63, 3.8) is 0 Å². The van der Waals surface area contributed by atoms with Crippen molar-refractivity contribution < 1.29 is 9.31 Å². The molecule has 1 aliphatic heterocycles. The molecule has 0 aromatic heterocycles. The van der Waals surface area contributed by atoms with E-state index < -0.39 is 0 Å². The Morgan fingerprint density at radius 3 is 1.88 bits per heavy atom. The minimum absolute atomic E-state index is 0.212. The molecule has 0 saturated carbocycles. The van der Waals surface area contributed by atoms with Gasteiger partial charge in [-0.25, -0.2) is 0 Å². The van der Waals surface area contributed by atoms with Crippen molar-refractivity contribution in [2.24, 2.45) is 0 Å². The second-order valence-corrected chi connectivity index (χ2v) is 5.54. The third kappa shape index (κ3) is 3.57. The van der Waals surface area contributed by atoms with Gasteiger partial charge in [-0.2, -0.15) is 0 Å². The molecular weight excluding hydrogens is 213 g/mol. The van der Waals surface area contributed by atoms with Crippen LogP contribution < -0.4 is 0 Å². The van der Waals surface area contributed by atoms with Crippen molar-refractivity contribution in [3.8, 4) is 0 Å².